The largest absolute Gasteiger partial charge is 1.00 e. The van der Waals surface area contributed by atoms with Crippen molar-refractivity contribution in [2.45, 2.75) is 195 Å². The number of unbranched alkanes of at least 4 members (excludes halogenated alkanes) is 22. The monoisotopic (exact) mass is 621 g/mol. The van der Waals surface area contributed by atoms with Crippen LogP contribution in [0.15, 0.2) is 0 Å². The van der Waals surface area contributed by atoms with Gasteiger partial charge in [0.1, 0.15) is 0 Å². The molecule has 0 aromatic rings. The summed E-state index contributed by atoms with van der Waals surface area (Å²) in [5.74, 6) is 0. The number of hydrogen-bond donors (Lipinski definition) is 0. The third kappa shape index (κ3) is 26.3. The van der Waals surface area contributed by atoms with Gasteiger partial charge < -0.3 is 28.5 Å². The van der Waals surface area contributed by atoms with Gasteiger partial charge in [0.15, 0.2) is 0 Å². The highest BCUT2D eigenvalue weighted by Gasteiger charge is 2.25. The van der Waals surface area contributed by atoms with Gasteiger partial charge in [0.25, 0.3) is 0 Å². The van der Waals surface area contributed by atoms with Crippen LogP contribution in [0.4, 0.5) is 0 Å². The Morgan fingerprint density at radius 2 is 0.417 bits per heavy atom. The van der Waals surface area contributed by atoms with Crippen LogP contribution in [0.1, 0.15) is 195 Å². The van der Waals surface area contributed by atoms with Gasteiger partial charge in [-0.3, -0.25) is 0 Å². The van der Waals surface area contributed by atoms with E-state index < -0.39 is 0 Å². The van der Waals surface area contributed by atoms with E-state index in [0.717, 1.165) is 0 Å². The predicted octanol–water partition coefficient (Wildman–Crippen LogP) is 9.03. The summed E-state index contributed by atoms with van der Waals surface area (Å²) in [7, 11) is 0. The van der Waals surface area contributed by atoms with E-state index in [1.54, 1.807) is 0 Å². The Kier molecular flexibility index (Phi) is 34.4. The Morgan fingerprint density at radius 3 is 0.667 bits per heavy atom. The second kappa shape index (κ2) is 31.9. The van der Waals surface area contributed by atoms with Crippen molar-refractivity contribution in [3.05, 3.63) is 0 Å². The van der Waals surface area contributed by atoms with Crippen LogP contribution in [0, 0.1) is 0 Å². The molecule has 2 heteroatoms. The summed E-state index contributed by atoms with van der Waals surface area (Å²) >= 11 is 0. The third-order valence-electron chi connectivity index (χ3n) is 8.44. The van der Waals surface area contributed by atoms with Crippen molar-refractivity contribution in [3.63, 3.8) is 0 Å². The predicted molar refractivity (Wildman–Crippen MR) is 162 cm³/mol. The van der Waals surface area contributed by atoms with E-state index in [9.17, 15) is 0 Å². The molecule has 0 fully saturated rings. The first kappa shape index (κ1) is 38.8. The second-order valence-corrected chi connectivity index (χ2v) is 12.0. The summed E-state index contributed by atoms with van der Waals surface area (Å²) in [5, 5.41) is 0. The highest BCUT2D eigenvalue weighted by Crippen LogP contribution is 2.20. The smallest absolute Gasteiger partial charge is 0.0786 e. The molecule has 0 aliphatic rings. The maximum absolute atomic E-state index is 2.37. The van der Waals surface area contributed by atoms with Crippen molar-refractivity contribution in [2.24, 2.45) is 0 Å². The molecule has 0 aliphatic carbocycles. The molecule has 0 saturated carbocycles. The lowest BCUT2D eigenvalue weighted by Crippen LogP contribution is -3.00. The van der Waals surface area contributed by atoms with Crippen LogP contribution in [0.2, 0.25) is 0 Å². The highest BCUT2D eigenvalue weighted by atomic mass is 127. The van der Waals surface area contributed by atoms with Gasteiger partial charge in [-0.2, -0.15) is 0 Å². The summed E-state index contributed by atoms with van der Waals surface area (Å²) in [6.07, 6.45) is 37.8. The molecule has 220 valence electrons. The average Bonchev–Trinajstić information content (AvgIpc) is 2.86. The zero-order valence-electron chi connectivity index (χ0n) is 26.0. The minimum absolute atomic E-state index is 0. The van der Waals surface area contributed by atoms with E-state index in [4.69, 9.17) is 0 Å². The Balaban J connectivity index is 0. The molecular formula is C34H72IN. The van der Waals surface area contributed by atoms with Crippen molar-refractivity contribution in [2.75, 3.05) is 26.2 Å². The molecule has 0 radical (unpaired) electrons. The van der Waals surface area contributed by atoms with Gasteiger partial charge in [-0.25, -0.2) is 0 Å². The molecule has 0 unspecified atom stereocenters. The van der Waals surface area contributed by atoms with Crippen molar-refractivity contribution >= 4 is 0 Å². The van der Waals surface area contributed by atoms with Gasteiger partial charge in [-0.05, 0) is 51.4 Å². The van der Waals surface area contributed by atoms with Gasteiger partial charge in [0.05, 0.1) is 26.2 Å². The highest BCUT2D eigenvalue weighted by molar-refractivity contribution is 4.54. The Morgan fingerprint density at radius 1 is 0.250 bits per heavy atom. The molecule has 1 nitrogen and oxygen atoms in total. The lowest BCUT2D eigenvalue weighted by atomic mass is 10.0. The first-order valence-corrected chi connectivity index (χ1v) is 17.1. The van der Waals surface area contributed by atoms with Crippen molar-refractivity contribution < 1.29 is 28.5 Å². The molecule has 0 aromatic carbocycles. The average molecular weight is 622 g/mol. The fraction of sp³-hybridized carbons (Fsp3) is 1.00. The number of rotatable bonds is 30. The van der Waals surface area contributed by atoms with Crippen LogP contribution < -0.4 is 24.0 Å². The first-order chi connectivity index (χ1) is 17.2. The molecule has 0 spiro atoms. The molecule has 0 saturated heterocycles. The number of halogens is 1. The minimum Gasteiger partial charge on any atom is -1.00 e. The number of hydrogen-bond acceptors (Lipinski definition) is 0. The zero-order valence-corrected chi connectivity index (χ0v) is 28.2. The van der Waals surface area contributed by atoms with E-state index in [0.29, 0.717) is 0 Å². The van der Waals surface area contributed by atoms with Crippen molar-refractivity contribution in [1.82, 2.24) is 0 Å². The first-order valence-electron chi connectivity index (χ1n) is 17.1. The quantitative estimate of drug-likeness (QED) is 0.0427. The van der Waals surface area contributed by atoms with Crippen LogP contribution in [-0.4, -0.2) is 30.7 Å². The Bertz CT molecular complexity index is 347. The van der Waals surface area contributed by atoms with Crippen LogP contribution in [0.3, 0.4) is 0 Å². The normalized spacial score (nSPS) is 11.7. The number of quaternary nitrogens is 1. The van der Waals surface area contributed by atoms with E-state index >= 15 is 0 Å². The fourth-order valence-electron chi connectivity index (χ4n) is 5.93. The molecule has 0 rings (SSSR count). The van der Waals surface area contributed by atoms with Gasteiger partial charge >= 0.3 is 0 Å². The van der Waals surface area contributed by atoms with Gasteiger partial charge in [-0.1, -0.05) is 143 Å². The zero-order chi connectivity index (χ0) is 25.7. The molecule has 0 amide bonds. The minimum atomic E-state index is 0. The van der Waals surface area contributed by atoms with E-state index in [2.05, 4.69) is 27.7 Å². The summed E-state index contributed by atoms with van der Waals surface area (Å²) in [6, 6.07) is 0. The van der Waals surface area contributed by atoms with Crippen LogP contribution in [-0.2, 0) is 0 Å². The summed E-state index contributed by atoms with van der Waals surface area (Å²) in [5.41, 5.74) is 0. The van der Waals surface area contributed by atoms with Crippen molar-refractivity contribution in [3.8, 4) is 0 Å². The second-order valence-electron chi connectivity index (χ2n) is 12.0. The molecular weight excluding hydrogens is 549 g/mol. The topological polar surface area (TPSA) is 0 Å². The maximum Gasteiger partial charge on any atom is 0.0786 e. The van der Waals surface area contributed by atoms with Gasteiger partial charge in [0, 0.05) is 0 Å². The lowest BCUT2D eigenvalue weighted by Gasteiger charge is -2.39. The molecule has 36 heavy (non-hydrogen) atoms. The van der Waals surface area contributed by atoms with Crippen LogP contribution >= 0.6 is 0 Å². The molecule has 0 aliphatic heterocycles. The Labute approximate surface area is 248 Å². The Hall–Kier alpha value is 0.690. The van der Waals surface area contributed by atoms with Gasteiger partial charge in [0.2, 0.25) is 0 Å². The van der Waals surface area contributed by atoms with E-state index in [1.807, 2.05) is 0 Å². The molecule has 0 heterocycles. The van der Waals surface area contributed by atoms with E-state index in [1.165, 1.54) is 198 Å². The summed E-state index contributed by atoms with van der Waals surface area (Å²) < 4.78 is 1.47. The number of nitrogens with zero attached hydrogens (tertiary/aromatic N) is 1. The molecule has 0 atom stereocenters. The van der Waals surface area contributed by atoms with Crippen molar-refractivity contribution in [1.29, 1.82) is 0 Å². The lowest BCUT2D eigenvalue weighted by molar-refractivity contribution is -0.929. The summed E-state index contributed by atoms with van der Waals surface area (Å²) in [4.78, 5) is 0. The fourth-order valence-corrected chi connectivity index (χ4v) is 5.93. The third-order valence-corrected chi connectivity index (χ3v) is 8.44. The van der Waals surface area contributed by atoms with Gasteiger partial charge in [-0.15, -0.1) is 0 Å². The van der Waals surface area contributed by atoms with Crippen LogP contribution in [0.25, 0.3) is 0 Å². The van der Waals surface area contributed by atoms with Crippen LogP contribution in [0.5, 0.6) is 0 Å². The summed E-state index contributed by atoms with van der Waals surface area (Å²) in [6.45, 7) is 15.3. The molecule has 0 bridgehead atoms. The maximum atomic E-state index is 2.37. The SMILES string of the molecule is CCCCCCCCCCCC[N+](CCCCC)(CCCCC)CCCCCCCCCCCC.[I-]. The molecule has 0 aromatic heterocycles. The standard InChI is InChI=1S/C34H72N.HI/c1-5-9-13-15-17-19-21-23-25-29-33-35(31-27-11-7-3,32-28-12-8-4)34-30-26-24-22-20-18-16-14-10-6-2;/h5-34H2,1-4H3;1H/q+1;/p-1. The molecule has 0 N–H and O–H groups in total. The van der Waals surface area contributed by atoms with E-state index in [-0.39, 0.29) is 24.0 Å².